The van der Waals surface area contributed by atoms with Crippen LogP contribution in [-0.4, -0.2) is 31.3 Å². The fourth-order valence-electron chi connectivity index (χ4n) is 3.24. The Balaban J connectivity index is 1.37. The van der Waals surface area contributed by atoms with E-state index < -0.39 is 0 Å². The Kier molecular flexibility index (Phi) is 6.64. The molecule has 0 saturated heterocycles. The number of benzene rings is 1. The van der Waals surface area contributed by atoms with Gasteiger partial charge in [0.05, 0.1) is 16.4 Å². The zero-order valence-corrected chi connectivity index (χ0v) is 21.6. The molecule has 1 aromatic carbocycles. The number of aromatic nitrogens is 4. The molecule has 4 rings (SSSR count). The van der Waals surface area contributed by atoms with Gasteiger partial charge in [-0.15, -0.1) is 23.1 Å². The van der Waals surface area contributed by atoms with Gasteiger partial charge < -0.3 is 14.8 Å². The molecule has 1 amide bonds. The maximum absolute atomic E-state index is 12.7. The summed E-state index contributed by atoms with van der Waals surface area (Å²) in [5.41, 5.74) is 2.11. The van der Waals surface area contributed by atoms with Gasteiger partial charge in [-0.2, -0.15) is 4.98 Å². The van der Waals surface area contributed by atoms with Crippen LogP contribution in [0, 0.1) is 13.8 Å². The van der Waals surface area contributed by atoms with Gasteiger partial charge in [-0.05, 0) is 50.6 Å². The average molecular weight is 498 g/mol. The average Bonchev–Trinajstić information content (AvgIpc) is 3.38. The highest BCUT2D eigenvalue weighted by molar-refractivity contribution is 7.99. The quantitative estimate of drug-likeness (QED) is 0.376. The molecule has 34 heavy (non-hydrogen) atoms. The third-order valence-electron chi connectivity index (χ3n) is 5.41. The molecule has 8 nitrogen and oxygen atoms in total. The van der Waals surface area contributed by atoms with Crippen molar-refractivity contribution in [2.75, 3.05) is 5.32 Å². The maximum atomic E-state index is 12.7. The molecule has 0 bridgehead atoms. The van der Waals surface area contributed by atoms with Crippen molar-refractivity contribution < 1.29 is 9.32 Å². The summed E-state index contributed by atoms with van der Waals surface area (Å²) in [4.78, 5) is 38.8. The first-order valence-electron chi connectivity index (χ1n) is 10.9. The van der Waals surface area contributed by atoms with Crippen LogP contribution in [-0.2, 0) is 16.0 Å². The number of carbonyl (C=O) groups excluding carboxylic acids is 1. The van der Waals surface area contributed by atoms with Crippen LogP contribution in [0.25, 0.3) is 21.6 Å². The van der Waals surface area contributed by atoms with Gasteiger partial charge in [-0.3, -0.25) is 9.59 Å². The molecule has 4 aromatic rings. The van der Waals surface area contributed by atoms with Gasteiger partial charge in [0.15, 0.2) is 0 Å². The van der Waals surface area contributed by atoms with Crippen LogP contribution in [0.1, 0.15) is 49.9 Å². The molecule has 1 unspecified atom stereocenters. The van der Waals surface area contributed by atoms with E-state index in [9.17, 15) is 9.59 Å². The molecule has 2 N–H and O–H groups in total. The van der Waals surface area contributed by atoms with Crippen LogP contribution >= 0.6 is 23.1 Å². The van der Waals surface area contributed by atoms with E-state index in [0.717, 1.165) is 20.8 Å². The lowest BCUT2D eigenvalue weighted by atomic mass is 9.97. The first-order valence-corrected chi connectivity index (χ1v) is 12.8. The van der Waals surface area contributed by atoms with Crippen molar-refractivity contribution in [3.05, 3.63) is 56.8 Å². The minimum Gasteiger partial charge on any atom is -0.338 e. The normalized spacial score (nSPS) is 12.8. The Bertz CT molecular complexity index is 1400. The Labute approximate surface area is 205 Å². The number of nitrogens with one attached hydrogen (secondary N) is 2. The van der Waals surface area contributed by atoms with E-state index in [1.54, 1.807) is 0 Å². The zero-order valence-electron chi connectivity index (χ0n) is 20.0. The second-order valence-electron chi connectivity index (χ2n) is 9.17. The largest absolute Gasteiger partial charge is 0.338 e. The number of amides is 1. The third-order valence-corrected chi connectivity index (χ3v) is 7.66. The van der Waals surface area contributed by atoms with Crippen molar-refractivity contribution in [1.82, 2.24) is 20.1 Å². The van der Waals surface area contributed by atoms with Crippen molar-refractivity contribution in [2.45, 2.75) is 58.0 Å². The highest BCUT2D eigenvalue weighted by atomic mass is 32.2. The minimum absolute atomic E-state index is 0.126. The van der Waals surface area contributed by atoms with Gasteiger partial charge in [0.2, 0.25) is 17.6 Å². The first-order chi connectivity index (χ1) is 16.0. The van der Waals surface area contributed by atoms with Crippen LogP contribution in [0.4, 0.5) is 5.69 Å². The van der Waals surface area contributed by atoms with Crippen molar-refractivity contribution in [2.24, 2.45) is 0 Å². The lowest BCUT2D eigenvalue weighted by Gasteiger charge is -2.12. The highest BCUT2D eigenvalue weighted by Gasteiger charge is 2.22. The minimum atomic E-state index is -0.334. The van der Waals surface area contributed by atoms with E-state index in [2.05, 4.69) is 25.4 Å². The molecule has 0 aliphatic carbocycles. The molecule has 0 spiro atoms. The van der Waals surface area contributed by atoms with Crippen LogP contribution in [0.15, 0.2) is 33.6 Å². The predicted octanol–water partition coefficient (Wildman–Crippen LogP) is 5.21. The first kappa shape index (κ1) is 24.2. The summed E-state index contributed by atoms with van der Waals surface area (Å²) in [7, 11) is 0. The summed E-state index contributed by atoms with van der Waals surface area (Å²) in [6, 6.07) is 7.32. The molecule has 10 heteroatoms. The number of nitrogens with zero attached hydrogens (tertiary/aromatic N) is 3. The van der Waals surface area contributed by atoms with Gasteiger partial charge >= 0.3 is 0 Å². The molecule has 0 fully saturated rings. The summed E-state index contributed by atoms with van der Waals surface area (Å²) in [5.74, 6) is 1.97. The number of thioether (sulfide) groups is 1. The van der Waals surface area contributed by atoms with Gasteiger partial charge in [0.1, 0.15) is 10.7 Å². The van der Waals surface area contributed by atoms with Crippen molar-refractivity contribution in [1.29, 1.82) is 0 Å². The maximum Gasteiger partial charge on any atom is 0.259 e. The van der Waals surface area contributed by atoms with Crippen LogP contribution < -0.4 is 10.9 Å². The summed E-state index contributed by atoms with van der Waals surface area (Å²) in [5, 5.41) is 7.29. The number of H-pyrrole nitrogens is 1. The molecule has 0 aliphatic heterocycles. The lowest BCUT2D eigenvalue weighted by molar-refractivity contribution is -0.115. The van der Waals surface area contributed by atoms with E-state index in [0.29, 0.717) is 34.4 Å². The van der Waals surface area contributed by atoms with Crippen molar-refractivity contribution in [3.8, 4) is 11.4 Å². The Hall–Kier alpha value is -2.98. The number of carbonyl (C=O) groups is 1. The van der Waals surface area contributed by atoms with Gasteiger partial charge in [0.25, 0.3) is 5.56 Å². The fourth-order valence-corrected chi connectivity index (χ4v) is 5.04. The number of aryl methyl sites for hydroxylation is 2. The van der Waals surface area contributed by atoms with Crippen molar-refractivity contribution in [3.63, 3.8) is 0 Å². The van der Waals surface area contributed by atoms with Crippen LogP contribution in [0.3, 0.4) is 0 Å². The topological polar surface area (TPSA) is 114 Å². The molecular formula is C24H27N5O3S2. The smallest absolute Gasteiger partial charge is 0.259 e. The van der Waals surface area contributed by atoms with E-state index in [1.165, 1.54) is 23.1 Å². The van der Waals surface area contributed by atoms with E-state index in [-0.39, 0.29) is 22.1 Å². The molecule has 0 aliphatic rings. The van der Waals surface area contributed by atoms with Gasteiger partial charge in [-0.25, -0.2) is 4.98 Å². The molecule has 1 atom stereocenters. The number of aromatic amines is 1. The SMILES string of the molecule is Cc1sc2nc(CSC(C)C(=O)Nc3ccc(-c4noc(C(C)(C)C)n4)cc3)[nH]c(=O)c2c1C. The summed E-state index contributed by atoms with van der Waals surface area (Å²) in [6.07, 6.45) is 0. The van der Waals surface area contributed by atoms with Crippen LogP contribution in [0.2, 0.25) is 0 Å². The third kappa shape index (κ3) is 5.07. The second kappa shape index (κ2) is 9.34. The highest BCUT2D eigenvalue weighted by Crippen LogP contribution is 2.27. The zero-order chi connectivity index (χ0) is 24.6. The fraction of sp³-hybridized carbons (Fsp3) is 0.375. The molecular weight excluding hydrogens is 470 g/mol. The van der Waals surface area contributed by atoms with E-state index >= 15 is 0 Å². The van der Waals surface area contributed by atoms with Gasteiger partial charge in [-0.1, -0.05) is 25.9 Å². The monoisotopic (exact) mass is 497 g/mol. The number of thiophene rings is 1. The van der Waals surface area contributed by atoms with E-state index in [1.807, 2.05) is 65.8 Å². The Morgan fingerprint density at radius 3 is 2.56 bits per heavy atom. The predicted molar refractivity (Wildman–Crippen MR) is 138 cm³/mol. The summed E-state index contributed by atoms with van der Waals surface area (Å²) in [6.45, 7) is 11.8. The molecule has 0 radical (unpaired) electrons. The number of anilines is 1. The Morgan fingerprint density at radius 2 is 1.91 bits per heavy atom. The molecule has 3 heterocycles. The Morgan fingerprint density at radius 1 is 1.21 bits per heavy atom. The number of hydrogen-bond acceptors (Lipinski definition) is 8. The standard InChI is InChI=1S/C24H27N5O3S2/c1-12-13(2)34-22-18(12)21(31)26-17(27-22)11-33-14(3)20(30)25-16-9-7-15(8-10-16)19-28-23(32-29-19)24(4,5)6/h7-10,14H,11H2,1-6H3,(H,25,30)(H,26,27,31). The van der Waals surface area contributed by atoms with Crippen molar-refractivity contribution >= 4 is 44.9 Å². The lowest BCUT2D eigenvalue weighted by Crippen LogP contribution is -2.23. The number of hydrogen-bond donors (Lipinski definition) is 2. The van der Waals surface area contributed by atoms with Gasteiger partial charge in [0, 0.05) is 21.5 Å². The molecule has 178 valence electrons. The number of rotatable bonds is 6. The van der Waals surface area contributed by atoms with Crippen LogP contribution in [0.5, 0.6) is 0 Å². The number of fused-ring (bicyclic) bond motifs is 1. The summed E-state index contributed by atoms with van der Waals surface area (Å²) >= 11 is 2.93. The molecule has 3 aromatic heterocycles. The molecule has 0 saturated carbocycles. The summed E-state index contributed by atoms with van der Waals surface area (Å²) < 4.78 is 5.35. The second-order valence-corrected chi connectivity index (χ2v) is 11.7. The van der Waals surface area contributed by atoms with E-state index in [4.69, 9.17) is 4.52 Å².